The first-order chi connectivity index (χ1) is 12.2. The lowest BCUT2D eigenvalue weighted by Gasteiger charge is -2.24. The number of aliphatic imine (C=N–C) groups is 1. The number of amides is 1. The summed E-state index contributed by atoms with van der Waals surface area (Å²) in [5.41, 5.74) is 8.38. The molecule has 5 nitrogen and oxygen atoms in total. The van der Waals surface area contributed by atoms with Crippen LogP contribution in [0.3, 0.4) is 0 Å². The lowest BCUT2D eigenvalue weighted by atomic mass is 10.1. The van der Waals surface area contributed by atoms with Crippen LogP contribution in [0.25, 0.3) is 0 Å². The normalized spacial score (nSPS) is 17.8. The molecule has 5 heteroatoms. The van der Waals surface area contributed by atoms with E-state index in [1.807, 2.05) is 59.5 Å². The number of methoxy groups -OCH3 is 1. The minimum atomic E-state index is -0.127. The van der Waals surface area contributed by atoms with Crippen LogP contribution in [-0.2, 0) is 17.9 Å². The number of rotatable bonds is 6. The highest BCUT2D eigenvalue weighted by atomic mass is 16.5. The molecule has 130 valence electrons. The molecule has 0 aromatic heterocycles. The number of amidine groups is 1. The highest BCUT2D eigenvalue weighted by Crippen LogP contribution is 2.23. The monoisotopic (exact) mass is 337 g/mol. The summed E-state index contributed by atoms with van der Waals surface area (Å²) in [4.78, 5) is 18.6. The SMILES string of the molecule is COc1ccc(CN2C(=O)CC[C@H]2C(N)=NCc2ccccc2)cc1. The number of carbonyl (C=O) groups excluding carboxylic acids is 1. The third-order valence-corrected chi connectivity index (χ3v) is 4.47. The molecule has 3 rings (SSSR count). The van der Waals surface area contributed by atoms with E-state index < -0.39 is 0 Å². The molecule has 1 aliphatic heterocycles. The number of hydrogen-bond donors (Lipinski definition) is 1. The van der Waals surface area contributed by atoms with Crippen LogP contribution in [-0.4, -0.2) is 29.8 Å². The van der Waals surface area contributed by atoms with Gasteiger partial charge in [-0.05, 0) is 29.7 Å². The summed E-state index contributed by atoms with van der Waals surface area (Å²) in [5.74, 6) is 1.46. The molecule has 1 atom stereocenters. The van der Waals surface area contributed by atoms with E-state index in [1.54, 1.807) is 7.11 Å². The minimum Gasteiger partial charge on any atom is -0.497 e. The van der Waals surface area contributed by atoms with Gasteiger partial charge in [-0.1, -0.05) is 42.5 Å². The Morgan fingerprint density at radius 2 is 1.88 bits per heavy atom. The standard InChI is InChI=1S/C20H23N3O2/c1-25-17-9-7-16(8-10-17)14-23-18(11-12-19(23)24)20(21)22-13-15-5-3-2-4-6-15/h2-10,18H,11-14H2,1H3,(H2,21,22)/t18-/m0/s1. The van der Waals surface area contributed by atoms with Crippen molar-refractivity contribution in [2.24, 2.45) is 10.7 Å². The number of carbonyl (C=O) groups is 1. The Balaban J connectivity index is 1.69. The van der Waals surface area contributed by atoms with Crippen LogP contribution in [0.2, 0.25) is 0 Å². The third-order valence-electron chi connectivity index (χ3n) is 4.47. The molecule has 1 amide bonds. The summed E-state index contributed by atoms with van der Waals surface area (Å²) in [7, 11) is 1.64. The second kappa shape index (κ2) is 7.83. The van der Waals surface area contributed by atoms with Gasteiger partial charge in [0.1, 0.15) is 11.6 Å². The molecular weight excluding hydrogens is 314 g/mol. The van der Waals surface area contributed by atoms with Gasteiger partial charge in [-0.2, -0.15) is 0 Å². The Hall–Kier alpha value is -2.82. The van der Waals surface area contributed by atoms with Crippen LogP contribution in [0.1, 0.15) is 24.0 Å². The summed E-state index contributed by atoms with van der Waals surface area (Å²) in [5, 5.41) is 0. The fourth-order valence-corrected chi connectivity index (χ4v) is 3.04. The number of hydrogen-bond acceptors (Lipinski definition) is 3. The second-order valence-corrected chi connectivity index (χ2v) is 6.15. The topological polar surface area (TPSA) is 67.9 Å². The highest BCUT2D eigenvalue weighted by Gasteiger charge is 2.33. The summed E-state index contributed by atoms with van der Waals surface area (Å²) < 4.78 is 5.17. The van der Waals surface area contributed by atoms with E-state index >= 15 is 0 Å². The van der Waals surface area contributed by atoms with E-state index in [1.165, 1.54) is 0 Å². The maximum Gasteiger partial charge on any atom is 0.223 e. The molecule has 0 radical (unpaired) electrons. The molecule has 0 spiro atoms. The van der Waals surface area contributed by atoms with Crippen molar-refractivity contribution in [2.45, 2.75) is 32.0 Å². The summed E-state index contributed by atoms with van der Waals surface area (Å²) in [6.07, 6.45) is 1.24. The van der Waals surface area contributed by atoms with Crippen LogP contribution >= 0.6 is 0 Å². The van der Waals surface area contributed by atoms with E-state index in [0.717, 1.165) is 23.3 Å². The molecule has 0 aliphatic carbocycles. The van der Waals surface area contributed by atoms with Gasteiger partial charge >= 0.3 is 0 Å². The van der Waals surface area contributed by atoms with Crippen molar-refractivity contribution in [3.05, 3.63) is 65.7 Å². The fraction of sp³-hybridized carbons (Fsp3) is 0.300. The van der Waals surface area contributed by atoms with Gasteiger partial charge in [-0.25, -0.2) is 0 Å². The first-order valence-corrected chi connectivity index (χ1v) is 8.43. The summed E-state index contributed by atoms with van der Waals surface area (Å²) >= 11 is 0. The maximum atomic E-state index is 12.3. The maximum absolute atomic E-state index is 12.3. The Labute approximate surface area is 148 Å². The zero-order valence-electron chi connectivity index (χ0n) is 14.4. The van der Waals surface area contributed by atoms with Crippen molar-refractivity contribution in [1.29, 1.82) is 0 Å². The molecule has 2 N–H and O–H groups in total. The number of nitrogens with zero attached hydrogens (tertiary/aromatic N) is 2. The molecule has 25 heavy (non-hydrogen) atoms. The van der Waals surface area contributed by atoms with Crippen molar-refractivity contribution in [3.8, 4) is 5.75 Å². The van der Waals surface area contributed by atoms with Crippen molar-refractivity contribution in [2.75, 3.05) is 7.11 Å². The Kier molecular flexibility index (Phi) is 5.33. The molecule has 1 fully saturated rings. The van der Waals surface area contributed by atoms with Gasteiger partial charge in [-0.15, -0.1) is 0 Å². The first-order valence-electron chi connectivity index (χ1n) is 8.43. The van der Waals surface area contributed by atoms with Crippen LogP contribution in [0.15, 0.2) is 59.6 Å². The molecule has 0 saturated carbocycles. The molecule has 2 aromatic rings. The van der Waals surface area contributed by atoms with Crippen molar-refractivity contribution in [1.82, 2.24) is 4.90 Å². The van der Waals surface area contributed by atoms with Crippen molar-refractivity contribution < 1.29 is 9.53 Å². The van der Waals surface area contributed by atoms with E-state index in [9.17, 15) is 4.79 Å². The van der Waals surface area contributed by atoms with E-state index in [2.05, 4.69) is 4.99 Å². The van der Waals surface area contributed by atoms with Crippen molar-refractivity contribution >= 4 is 11.7 Å². The molecule has 2 aromatic carbocycles. The highest BCUT2D eigenvalue weighted by molar-refractivity contribution is 5.93. The van der Waals surface area contributed by atoms with Crippen molar-refractivity contribution in [3.63, 3.8) is 0 Å². The predicted molar refractivity (Wildman–Crippen MR) is 98.3 cm³/mol. The van der Waals surface area contributed by atoms with Crippen LogP contribution in [0.5, 0.6) is 5.75 Å². The molecule has 0 bridgehead atoms. The second-order valence-electron chi connectivity index (χ2n) is 6.15. The number of nitrogens with two attached hydrogens (primary N) is 1. The first kappa shape index (κ1) is 17.0. The fourth-order valence-electron chi connectivity index (χ4n) is 3.04. The molecular formula is C20H23N3O2. The van der Waals surface area contributed by atoms with Gasteiger partial charge in [-0.3, -0.25) is 9.79 Å². The van der Waals surface area contributed by atoms with E-state index in [4.69, 9.17) is 10.5 Å². The minimum absolute atomic E-state index is 0.124. The largest absolute Gasteiger partial charge is 0.497 e. The zero-order valence-corrected chi connectivity index (χ0v) is 14.4. The Morgan fingerprint density at radius 1 is 1.16 bits per heavy atom. The third kappa shape index (κ3) is 4.18. The molecule has 1 heterocycles. The van der Waals surface area contributed by atoms with Gasteiger partial charge < -0.3 is 15.4 Å². The smallest absolute Gasteiger partial charge is 0.223 e. The average Bonchev–Trinajstić information content (AvgIpc) is 3.02. The van der Waals surface area contributed by atoms with Gasteiger partial charge in [0.15, 0.2) is 0 Å². The lowest BCUT2D eigenvalue weighted by Crippen LogP contribution is -2.42. The van der Waals surface area contributed by atoms with Crippen LogP contribution in [0, 0.1) is 0 Å². The Morgan fingerprint density at radius 3 is 2.56 bits per heavy atom. The number of ether oxygens (including phenoxy) is 1. The Bertz CT molecular complexity index is 741. The quantitative estimate of drug-likeness (QED) is 0.651. The van der Waals surface area contributed by atoms with E-state index in [-0.39, 0.29) is 11.9 Å². The van der Waals surface area contributed by atoms with Crippen LogP contribution < -0.4 is 10.5 Å². The zero-order chi connectivity index (χ0) is 17.6. The van der Waals surface area contributed by atoms with Crippen LogP contribution in [0.4, 0.5) is 0 Å². The number of likely N-dealkylation sites (tertiary alicyclic amines) is 1. The molecule has 0 unspecified atom stereocenters. The van der Waals surface area contributed by atoms with Gasteiger partial charge in [0.2, 0.25) is 5.91 Å². The lowest BCUT2D eigenvalue weighted by molar-refractivity contribution is -0.128. The molecule has 1 aliphatic rings. The average molecular weight is 337 g/mol. The van der Waals surface area contributed by atoms with Gasteiger partial charge in [0.25, 0.3) is 0 Å². The summed E-state index contributed by atoms with van der Waals surface area (Å²) in [6, 6.07) is 17.6. The summed E-state index contributed by atoms with van der Waals surface area (Å²) in [6.45, 7) is 1.07. The van der Waals surface area contributed by atoms with Gasteiger partial charge in [0, 0.05) is 13.0 Å². The van der Waals surface area contributed by atoms with Gasteiger partial charge in [0.05, 0.1) is 19.7 Å². The molecule has 1 saturated heterocycles. The van der Waals surface area contributed by atoms with E-state index in [0.29, 0.717) is 25.3 Å². The number of benzene rings is 2. The predicted octanol–water partition coefficient (Wildman–Crippen LogP) is 2.74.